The van der Waals surface area contributed by atoms with Crippen molar-refractivity contribution >= 4 is 23.2 Å². The molecule has 0 aliphatic rings. The lowest BCUT2D eigenvalue weighted by Crippen LogP contribution is -2.00. The lowest BCUT2D eigenvalue weighted by molar-refractivity contribution is 1.03. The van der Waals surface area contributed by atoms with Gasteiger partial charge in [0.1, 0.15) is 0 Å². The van der Waals surface area contributed by atoms with E-state index in [2.05, 4.69) is 34.3 Å². The smallest absolute Gasteiger partial charge is 0.227 e. The molecule has 1 heterocycles. The number of aromatic nitrogens is 2. The molecule has 0 radical (unpaired) electrons. The van der Waals surface area contributed by atoms with Gasteiger partial charge in [0.25, 0.3) is 0 Å². The minimum absolute atomic E-state index is 0.591. The highest BCUT2D eigenvalue weighted by Crippen LogP contribution is 2.19. The quantitative estimate of drug-likeness (QED) is 0.754. The lowest BCUT2D eigenvalue weighted by atomic mass is 10.1. The highest BCUT2D eigenvalue weighted by Gasteiger charge is 2.04. The fraction of sp³-hybridized carbons (Fsp3) is 0.111. The number of anilines is 2. The molecular weight excluding hydrogens is 294 g/mol. The Morgan fingerprint density at radius 3 is 2.55 bits per heavy atom. The third-order valence-electron chi connectivity index (χ3n) is 3.35. The van der Waals surface area contributed by atoms with E-state index in [0.29, 0.717) is 12.4 Å². The molecule has 1 aromatic heterocycles. The molecule has 3 rings (SSSR count). The Kier molecular flexibility index (Phi) is 4.35. The first-order chi connectivity index (χ1) is 10.7. The molecule has 0 saturated heterocycles. The molecule has 0 aliphatic carbocycles. The van der Waals surface area contributed by atoms with E-state index in [1.807, 2.05) is 42.5 Å². The van der Waals surface area contributed by atoms with Gasteiger partial charge in [-0.15, -0.1) is 0 Å². The van der Waals surface area contributed by atoms with Crippen LogP contribution in [-0.2, 0) is 6.42 Å². The zero-order valence-electron chi connectivity index (χ0n) is 12.3. The van der Waals surface area contributed by atoms with Crippen LogP contribution in [0.1, 0.15) is 16.8 Å². The Labute approximate surface area is 135 Å². The predicted octanol–water partition coefficient (Wildman–Crippen LogP) is 4.77. The van der Waals surface area contributed by atoms with E-state index in [-0.39, 0.29) is 0 Å². The Morgan fingerprint density at radius 1 is 1.00 bits per heavy atom. The van der Waals surface area contributed by atoms with Crippen molar-refractivity contribution in [1.82, 2.24) is 9.97 Å². The molecule has 3 nitrogen and oxygen atoms in total. The van der Waals surface area contributed by atoms with Crippen molar-refractivity contribution in [3.63, 3.8) is 0 Å². The van der Waals surface area contributed by atoms with E-state index >= 15 is 0 Å². The highest BCUT2D eigenvalue weighted by molar-refractivity contribution is 6.31. The van der Waals surface area contributed by atoms with Crippen molar-refractivity contribution in [2.24, 2.45) is 0 Å². The maximum atomic E-state index is 6.20. The van der Waals surface area contributed by atoms with Crippen LogP contribution in [0, 0.1) is 6.92 Å². The first-order valence-electron chi connectivity index (χ1n) is 7.10. The maximum absolute atomic E-state index is 6.20. The number of hydrogen-bond donors (Lipinski definition) is 1. The van der Waals surface area contributed by atoms with Crippen LogP contribution < -0.4 is 5.32 Å². The fourth-order valence-corrected chi connectivity index (χ4v) is 2.36. The van der Waals surface area contributed by atoms with Crippen LogP contribution in [0.5, 0.6) is 0 Å². The average molecular weight is 310 g/mol. The van der Waals surface area contributed by atoms with Crippen molar-refractivity contribution in [1.29, 1.82) is 0 Å². The zero-order chi connectivity index (χ0) is 15.4. The largest absolute Gasteiger partial charge is 0.324 e. The van der Waals surface area contributed by atoms with Gasteiger partial charge < -0.3 is 5.32 Å². The number of rotatable bonds is 4. The summed E-state index contributed by atoms with van der Waals surface area (Å²) in [7, 11) is 0. The summed E-state index contributed by atoms with van der Waals surface area (Å²) >= 11 is 6.20. The number of nitrogens with one attached hydrogen (secondary N) is 1. The Balaban J connectivity index is 1.78. The van der Waals surface area contributed by atoms with Crippen molar-refractivity contribution < 1.29 is 0 Å². The molecule has 0 unspecified atom stereocenters. The highest BCUT2D eigenvalue weighted by atomic mass is 35.5. The third-order valence-corrected chi connectivity index (χ3v) is 3.72. The van der Waals surface area contributed by atoms with Gasteiger partial charge in [0.15, 0.2) is 0 Å². The normalized spacial score (nSPS) is 10.5. The first kappa shape index (κ1) is 14.5. The summed E-state index contributed by atoms with van der Waals surface area (Å²) in [5.41, 5.74) is 4.18. The molecule has 2 aromatic carbocycles. The van der Waals surface area contributed by atoms with E-state index in [1.165, 1.54) is 5.56 Å². The number of nitrogens with zero attached hydrogens (tertiary/aromatic N) is 2. The maximum Gasteiger partial charge on any atom is 0.227 e. The average Bonchev–Trinajstić information content (AvgIpc) is 2.52. The van der Waals surface area contributed by atoms with Crippen LogP contribution >= 0.6 is 11.6 Å². The zero-order valence-corrected chi connectivity index (χ0v) is 13.0. The monoisotopic (exact) mass is 309 g/mol. The summed E-state index contributed by atoms with van der Waals surface area (Å²) in [6, 6.07) is 17.8. The summed E-state index contributed by atoms with van der Waals surface area (Å²) in [5, 5.41) is 3.98. The van der Waals surface area contributed by atoms with Crippen molar-refractivity contribution in [3.05, 3.63) is 82.6 Å². The Hall–Kier alpha value is -2.39. The number of halogens is 1. The van der Waals surface area contributed by atoms with Crippen molar-refractivity contribution in [3.8, 4) is 0 Å². The molecule has 0 aliphatic heterocycles. The molecule has 0 bridgehead atoms. The number of benzene rings is 2. The van der Waals surface area contributed by atoms with Gasteiger partial charge in [-0.1, -0.05) is 47.5 Å². The van der Waals surface area contributed by atoms with Gasteiger partial charge in [-0.05, 0) is 36.8 Å². The second-order valence-electron chi connectivity index (χ2n) is 5.13. The molecule has 4 heteroatoms. The van der Waals surface area contributed by atoms with Gasteiger partial charge in [-0.25, -0.2) is 9.97 Å². The van der Waals surface area contributed by atoms with E-state index < -0.39 is 0 Å². The minimum atomic E-state index is 0.591. The summed E-state index contributed by atoms with van der Waals surface area (Å²) in [4.78, 5) is 8.81. The third kappa shape index (κ3) is 3.62. The van der Waals surface area contributed by atoms with Gasteiger partial charge in [-0.3, -0.25) is 0 Å². The van der Waals surface area contributed by atoms with Crippen LogP contribution in [0.2, 0.25) is 5.02 Å². The topological polar surface area (TPSA) is 37.8 Å². The molecular formula is C18H16ClN3. The van der Waals surface area contributed by atoms with Gasteiger partial charge >= 0.3 is 0 Å². The Bertz CT molecular complexity index is 769. The van der Waals surface area contributed by atoms with E-state index in [9.17, 15) is 0 Å². The molecule has 1 N–H and O–H groups in total. The van der Waals surface area contributed by atoms with Gasteiger partial charge in [0.05, 0.1) is 5.69 Å². The molecule has 0 fully saturated rings. The second kappa shape index (κ2) is 6.58. The second-order valence-corrected chi connectivity index (χ2v) is 5.54. The Morgan fingerprint density at radius 2 is 1.77 bits per heavy atom. The molecule has 0 atom stereocenters. The summed E-state index contributed by atoms with van der Waals surface area (Å²) in [6.45, 7) is 2.06. The summed E-state index contributed by atoms with van der Waals surface area (Å²) in [6.07, 6.45) is 2.44. The van der Waals surface area contributed by atoms with E-state index in [1.54, 1.807) is 6.20 Å². The molecule has 0 amide bonds. The minimum Gasteiger partial charge on any atom is -0.324 e. The van der Waals surface area contributed by atoms with Crippen molar-refractivity contribution in [2.75, 3.05) is 5.32 Å². The molecule has 3 aromatic rings. The molecule has 0 saturated carbocycles. The van der Waals surface area contributed by atoms with Crippen LogP contribution in [0.25, 0.3) is 0 Å². The SMILES string of the molecule is Cc1ccc(Nc2nccc(Cc3ccccc3Cl)n2)cc1. The first-order valence-corrected chi connectivity index (χ1v) is 7.47. The van der Waals surface area contributed by atoms with Gasteiger partial charge in [0.2, 0.25) is 5.95 Å². The summed E-state index contributed by atoms with van der Waals surface area (Å²) in [5.74, 6) is 0.591. The van der Waals surface area contributed by atoms with E-state index in [4.69, 9.17) is 11.6 Å². The van der Waals surface area contributed by atoms with Gasteiger partial charge in [-0.2, -0.15) is 0 Å². The summed E-state index contributed by atoms with van der Waals surface area (Å²) < 4.78 is 0. The number of hydrogen-bond acceptors (Lipinski definition) is 3. The standard InChI is InChI=1S/C18H16ClN3/c1-13-6-8-15(9-7-13)21-18-20-11-10-16(22-18)12-14-4-2-3-5-17(14)19/h2-11H,12H2,1H3,(H,20,21,22). The van der Waals surface area contributed by atoms with Crippen LogP contribution in [0.15, 0.2) is 60.8 Å². The van der Waals surface area contributed by atoms with Crippen LogP contribution in [0.3, 0.4) is 0 Å². The lowest BCUT2D eigenvalue weighted by Gasteiger charge is -2.07. The predicted molar refractivity (Wildman–Crippen MR) is 90.8 cm³/mol. The van der Waals surface area contributed by atoms with Crippen molar-refractivity contribution in [2.45, 2.75) is 13.3 Å². The molecule has 110 valence electrons. The van der Waals surface area contributed by atoms with Crippen LogP contribution in [0.4, 0.5) is 11.6 Å². The van der Waals surface area contributed by atoms with E-state index in [0.717, 1.165) is 22.0 Å². The molecule has 0 spiro atoms. The van der Waals surface area contributed by atoms with Gasteiger partial charge in [0, 0.05) is 23.3 Å². The number of aryl methyl sites for hydroxylation is 1. The van der Waals surface area contributed by atoms with Crippen LogP contribution in [-0.4, -0.2) is 9.97 Å². The fourth-order valence-electron chi connectivity index (χ4n) is 2.16. The molecule has 22 heavy (non-hydrogen) atoms.